The highest BCUT2D eigenvalue weighted by Gasteiger charge is 2.21. The summed E-state index contributed by atoms with van der Waals surface area (Å²) in [4.78, 5) is 4.79. The lowest BCUT2D eigenvalue weighted by atomic mass is 9.87. The van der Waals surface area contributed by atoms with Crippen molar-refractivity contribution in [3.05, 3.63) is 64.2 Å². The molecule has 1 heterocycles. The fraction of sp³-hybridized carbons (Fsp3) is 0.235. The van der Waals surface area contributed by atoms with Crippen LogP contribution in [-0.2, 0) is 0 Å². The van der Waals surface area contributed by atoms with Crippen LogP contribution in [-0.4, -0.2) is 19.3 Å². The number of benzene rings is 2. The van der Waals surface area contributed by atoms with Crippen molar-refractivity contribution in [3.63, 3.8) is 0 Å². The summed E-state index contributed by atoms with van der Waals surface area (Å²) in [5, 5.41) is 3.96. The zero-order valence-electron chi connectivity index (χ0n) is 11.7. The Morgan fingerprint density at radius 2 is 1.95 bits per heavy atom. The van der Waals surface area contributed by atoms with Crippen LogP contribution in [0.3, 0.4) is 0 Å². The van der Waals surface area contributed by atoms with Crippen molar-refractivity contribution in [2.24, 2.45) is 4.99 Å². The molecule has 0 radical (unpaired) electrons. The highest BCUT2D eigenvalue weighted by molar-refractivity contribution is 6.31. The van der Waals surface area contributed by atoms with Gasteiger partial charge in [0, 0.05) is 41.3 Å². The molecule has 0 amide bonds. The first-order valence-electron chi connectivity index (χ1n) is 6.82. The van der Waals surface area contributed by atoms with Crippen LogP contribution in [0.2, 0.25) is 5.02 Å². The van der Waals surface area contributed by atoms with Gasteiger partial charge in [-0.05, 0) is 23.8 Å². The summed E-state index contributed by atoms with van der Waals surface area (Å²) >= 11 is 6.17. The lowest BCUT2D eigenvalue weighted by Crippen LogP contribution is -2.18. The predicted octanol–water partition coefficient (Wildman–Crippen LogP) is 4.34. The molecule has 3 heteroatoms. The number of anilines is 1. The van der Waals surface area contributed by atoms with Crippen molar-refractivity contribution in [1.82, 2.24) is 0 Å². The zero-order valence-corrected chi connectivity index (χ0v) is 12.4. The van der Waals surface area contributed by atoms with Crippen LogP contribution in [0.4, 0.5) is 5.69 Å². The molecule has 0 saturated carbocycles. The van der Waals surface area contributed by atoms with Gasteiger partial charge in [-0.1, -0.05) is 42.8 Å². The van der Waals surface area contributed by atoms with Crippen molar-refractivity contribution >= 4 is 23.0 Å². The second-order valence-corrected chi connectivity index (χ2v) is 5.55. The summed E-state index contributed by atoms with van der Waals surface area (Å²) in [7, 11) is 1.92. The van der Waals surface area contributed by atoms with Crippen molar-refractivity contribution < 1.29 is 0 Å². The van der Waals surface area contributed by atoms with Crippen LogP contribution in [0.15, 0.2) is 47.5 Å². The number of aliphatic imine (C=N–C) groups is 1. The van der Waals surface area contributed by atoms with Gasteiger partial charge >= 0.3 is 0 Å². The molecular formula is C17H17ClN2. The maximum Gasteiger partial charge on any atom is 0.0743 e. The molecule has 2 aromatic carbocycles. The first kappa shape index (κ1) is 13.2. The van der Waals surface area contributed by atoms with E-state index in [2.05, 4.69) is 36.5 Å². The van der Waals surface area contributed by atoms with Gasteiger partial charge in [-0.2, -0.15) is 0 Å². The quantitative estimate of drug-likeness (QED) is 0.872. The van der Waals surface area contributed by atoms with E-state index >= 15 is 0 Å². The first-order chi connectivity index (χ1) is 9.70. The molecule has 0 saturated heterocycles. The monoisotopic (exact) mass is 284 g/mol. The molecule has 0 spiro atoms. The van der Waals surface area contributed by atoms with Gasteiger partial charge in [-0.15, -0.1) is 0 Å². The molecule has 1 atom stereocenters. The van der Waals surface area contributed by atoms with Crippen LogP contribution in [0.5, 0.6) is 0 Å². The molecule has 20 heavy (non-hydrogen) atoms. The van der Waals surface area contributed by atoms with Crippen LogP contribution < -0.4 is 5.32 Å². The molecule has 0 aromatic heterocycles. The van der Waals surface area contributed by atoms with E-state index in [1.165, 1.54) is 11.1 Å². The molecule has 0 fully saturated rings. The van der Waals surface area contributed by atoms with Crippen LogP contribution in [0.1, 0.15) is 29.5 Å². The molecule has 3 rings (SSSR count). The maximum atomic E-state index is 6.17. The minimum atomic E-state index is 0.465. The van der Waals surface area contributed by atoms with Gasteiger partial charge in [-0.3, -0.25) is 4.99 Å². The third-order valence-corrected chi connectivity index (χ3v) is 4.01. The maximum absolute atomic E-state index is 6.17. The molecule has 0 aliphatic carbocycles. The fourth-order valence-corrected chi connectivity index (χ4v) is 2.89. The molecule has 0 unspecified atom stereocenters. The van der Waals surface area contributed by atoms with E-state index in [9.17, 15) is 0 Å². The highest BCUT2D eigenvalue weighted by Crippen LogP contribution is 2.31. The molecule has 1 N–H and O–H groups in total. The van der Waals surface area contributed by atoms with Crippen molar-refractivity contribution in [2.45, 2.75) is 12.8 Å². The topological polar surface area (TPSA) is 24.4 Å². The van der Waals surface area contributed by atoms with Gasteiger partial charge in [0.05, 0.1) is 5.71 Å². The number of halogens is 1. The molecule has 2 aromatic rings. The van der Waals surface area contributed by atoms with Crippen molar-refractivity contribution in [1.29, 1.82) is 0 Å². The SMILES string of the molecule is CNc1ccc(Cl)cc1C1=NC[C@@H](C)c2ccccc21. The largest absolute Gasteiger partial charge is 0.388 e. The standard InChI is InChI=1S/C17H17ClN2/c1-11-10-20-17(14-6-4-3-5-13(11)14)15-9-12(18)7-8-16(15)19-2/h3-9,11,19H,10H2,1-2H3/t11-/m1/s1. The highest BCUT2D eigenvalue weighted by atomic mass is 35.5. The summed E-state index contributed by atoms with van der Waals surface area (Å²) in [5.74, 6) is 0.465. The lowest BCUT2D eigenvalue weighted by molar-refractivity contribution is 0.761. The Morgan fingerprint density at radius 3 is 2.75 bits per heavy atom. The van der Waals surface area contributed by atoms with Crippen molar-refractivity contribution in [2.75, 3.05) is 18.9 Å². The molecule has 102 valence electrons. The number of rotatable bonds is 2. The van der Waals surface area contributed by atoms with E-state index in [0.29, 0.717) is 5.92 Å². The van der Waals surface area contributed by atoms with E-state index in [-0.39, 0.29) is 0 Å². The minimum absolute atomic E-state index is 0.465. The van der Waals surface area contributed by atoms with Gasteiger partial charge in [0.15, 0.2) is 0 Å². The number of hydrogen-bond acceptors (Lipinski definition) is 2. The van der Waals surface area contributed by atoms with E-state index in [4.69, 9.17) is 16.6 Å². The number of nitrogens with one attached hydrogen (secondary N) is 1. The van der Waals surface area contributed by atoms with E-state index in [1.54, 1.807) is 0 Å². The summed E-state index contributed by atoms with van der Waals surface area (Å²) in [6.45, 7) is 3.04. The number of fused-ring (bicyclic) bond motifs is 1. The summed E-state index contributed by atoms with van der Waals surface area (Å²) < 4.78 is 0. The van der Waals surface area contributed by atoms with E-state index in [0.717, 1.165) is 28.5 Å². The van der Waals surface area contributed by atoms with Crippen molar-refractivity contribution in [3.8, 4) is 0 Å². The Labute approximate surface area is 124 Å². The molecular weight excluding hydrogens is 268 g/mol. The Balaban J connectivity index is 2.18. The van der Waals surface area contributed by atoms with Crippen LogP contribution in [0.25, 0.3) is 0 Å². The van der Waals surface area contributed by atoms with Crippen LogP contribution >= 0.6 is 11.6 Å². The van der Waals surface area contributed by atoms with Gasteiger partial charge in [0.1, 0.15) is 0 Å². The van der Waals surface area contributed by atoms with Gasteiger partial charge in [0.25, 0.3) is 0 Å². The predicted molar refractivity (Wildman–Crippen MR) is 86.4 cm³/mol. The molecule has 1 aliphatic rings. The third-order valence-electron chi connectivity index (χ3n) is 3.78. The summed E-state index contributed by atoms with van der Waals surface area (Å²) in [6, 6.07) is 14.4. The average molecular weight is 285 g/mol. The Hall–Kier alpha value is -1.80. The average Bonchev–Trinajstić information content (AvgIpc) is 2.48. The number of nitrogens with zero attached hydrogens (tertiary/aromatic N) is 1. The second kappa shape index (κ2) is 5.29. The molecule has 1 aliphatic heterocycles. The van der Waals surface area contributed by atoms with Crippen LogP contribution in [0, 0.1) is 0 Å². The first-order valence-corrected chi connectivity index (χ1v) is 7.20. The fourth-order valence-electron chi connectivity index (χ4n) is 2.71. The van der Waals surface area contributed by atoms with E-state index < -0.39 is 0 Å². The second-order valence-electron chi connectivity index (χ2n) is 5.12. The Kier molecular flexibility index (Phi) is 3.49. The zero-order chi connectivity index (χ0) is 14.1. The number of hydrogen-bond donors (Lipinski definition) is 1. The third kappa shape index (κ3) is 2.20. The van der Waals surface area contributed by atoms with Gasteiger partial charge in [0.2, 0.25) is 0 Å². The molecule has 2 nitrogen and oxygen atoms in total. The minimum Gasteiger partial charge on any atom is -0.388 e. The van der Waals surface area contributed by atoms with Gasteiger partial charge < -0.3 is 5.32 Å². The smallest absolute Gasteiger partial charge is 0.0743 e. The lowest BCUT2D eigenvalue weighted by Gasteiger charge is -2.23. The van der Waals surface area contributed by atoms with E-state index in [1.807, 2.05) is 25.2 Å². The van der Waals surface area contributed by atoms with Gasteiger partial charge in [-0.25, -0.2) is 0 Å². The summed E-state index contributed by atoms with van der Waals surface area (Å²) in [5.41, 5.74) is 5.73. The Morgan fingerprint density at radius 1 is 1.15 bits per heavy atom. The molecule has 0 bridgehead atoms. The Bertz CT molecular complexity index is 676. The summed E-state index contributed by atoms with van der Waals surface area (Å²) in [6.07, 6.45) is 0. The normalized spacial score (nSPS) is 17.4.